The van der Waals surface area contributed by atoms with Crippen LogP contribution in [0.15, 0.2) is 16.5 Å². The lowest BCUT2D eigenvalue weighted by Gasteiger charge is -2.44. The predicted molar refractivity (Wildman–Crippen MR) is 99.5 cm³/mol. The summed E-state index contributed by atoms with van der Waals surface area (Å²) in [7, 11) is -0.293. The third-order valence-electron chi connectivity index (χ3n) is 5.21. The molecule has 0 unspecified atom stereocenters. The van der Waals surface area contributed by atoms with Crippen molar-refractivity contribution >= 4 is 14.0 Å². The average molecular weight is 325 g/mol. The van der Waals surface area contributed by atoms with Gasteiger partial charge in [0.25, 0.3) is 0 Å². The van der Waals surface area contributed by atoms with Crippen LogP contribution in [0.1, 0.15) is 74.7 Å². The van der Waals surface area contributed by atoms with Crippen LogP contribution in [0.5, 0.6) is 0 Å². The van der Waals surface area contributed by atoms with Crippen molar-refractivity contribution in [2.24, 2.45) is 0 Å². The summed E-state index contributed by atoms with van der Waals surface area (Å²) in [6.45, 7) is 17.9. The fraction of sp³-hybridized carbons (Fsp3) is 0.789. The van der Waals surface area contributed by atoms with Crippen molar-refractivity contribution in [2.75, 3.05) is 7.11 Å². The monoisotopic (exact) mass is 324 g/mol. The first kappa shape index (κ1) is 21.2. The van der Waals surface area contributed by atoms with Gasteiger partial charge in [0, 0.05) is 5.20 Å². The van der Waals surface area contributed by atoms with E-state index in [2.05, 4.69) is 54.4 Å². The van der Waals surface area contributed by atoms with Crippen LogP contribution in [-0.2, 0) is 9.53 Å². The molecule has 22 heavy (non-hydrogen) atoms. The van der Waals surface area contributed by atoms with Gasteiger partial charge >= 0.3 is 0 Å². The van der Waals surface area contributed by atoms with Crippen LogP contribution in [0.4, 0.5) is 0 Å². The number of ether oxygens (including phenoxy) is 1. The summed E-state index contributed by atoms with van der Waals surface area (Å²) in [5.74, 6) is 3.30. The summed E-state index contributed by atoms with van der Waals surface area (Å²) in [6.07, 6.45) is 3.12. The minimum Gasteiger partial charge on any atom is -0.501 e. The fourth-order valence-electron chi connectivity index (χ4n) is 4.23. The van der Waals surface area contributed by atoms with Gasteiger partial charge in [-0.25, -0.2) is 4.79 Å². The number of methoxy groups -OCH3 is 1. The van der Waals surface area contributed by atoms with Crippen LogP contribution in [-0.4, -0.2) is 21.1 Å². The van der Waals surface area contributed by atoms with Gasteiger partial charge in [-0.2, -0.15) is 0 Å². The van der Waals surface area contributed by atoms with Crippen molar-refractivity contribution in [3.63, 3.8) is 0 Å². The standard InChI is InChI=1S/C19H36O2Si/c1-10-11-12-18(17(8)21-9)19(13-20)22(14(2)3,15(4)5)16(6)7/h14-16H,10-12H2,1-9H3/b18-17+. The summed E-state index contributed by atoms with van der Waals surface area (Å²) in [5.41, 5.74) is 2.64. The van der Waals surface area contributed by atoms with Crippen LogP contribution in [0.3, 0.4) is 0 Å². The molecule has 0 spiro atoms. The molecular weight excluding hydrogens is 288 g/mol. The lowest BCUT2D eigenvalue weighted by atomic mass is 10.1. The predicted octanol–water partition coefficient (Wildman–Crippen LogP) is 6.07. The molecule has 0 aliphatic heterocycles. The van der Waals surface area contributed by atoms with E-state index in [1.165, 1.54) is 0 Å². The highest BCUT2D eigenvalue weighted by Gasteiger charge is 2.48. The topological polar surface area (TPSA) is 26.3 Å². The molecule has 0 amide bonds. The van der Waals surface area contributed by atoms with E-state index in [4.69, 9.17) is 4.74 Å². The van der Waals surface area contributed by atoms with E-state index in [1.54, 1.807) is 7.11 Å². The molecule has 0 rings (SSSR count). The molecule has 0 fully saturated rings. The van der Waals surface area contributed by atoms with Crippen molar-refractivity contribution in [3.8, 4) is 0 Å². The molecule has 0 atom stereocenters. The van der Waals surface area contributed by atoms with Gasteiger partial charge in [-0.3, -0.25) is 0 Å². The van der Waals surface area contributed by atoms with Gasteiger partial charge in [-0.15, -0.1) is 0 Å². The van der Waals surface area contributed by atoms with Crippen molar-refractivity contribution in [2.45, 2.75) is 91.3 Å². The van der Waals surface area contributed by atoms with Crippen LogP contribution < -0.4 is 0 Å². The number of allylic oxidation sites excluding steroid dienone is 3. The van der Waals surface area contributed by atoms with Crippen LogP contribution in [0.2, 0.25) is 16.6 Å². The van der Waals surface area contributed by atoms with Crippen molar-refractivity contribution < 1.29 is 9.53 Å². The minimum atomic E-state index is -1.99. The fourth-order valence-corrected chi connectivity index (χ4v) is 11.0. The molecule has 128 valence electrons. The van der Waals surface area contributed by atoms with Crippen molar-refractivity contribution in [1.29, 1.82) is 0 Å². The SMILES string of the molecule is CCCC/C(C(=C=O)[Si](C(C)C)(C(C)C)C(C)C)=C(/C)OC. The Kier molecular flexibility index (Phi) is 9.03. The van der Waals surface area contributed by atoms with Crippen LogP contribution >= 0.6 is 0 Å². The zero-order valence-corrected chi connectivity index (χ0v) is 17.2. The normalized spacial score (nSPS) is 13.5. The maximum atomic E-state index is 12.1. The molecule has 0 aromatic carbocycles. The first-order chi connectivity index (χ1) is 10.2. The Labute approximate surface area is 139 Å². The second-order valence-electron chi connectivity index (χ2n) is 7.22. The quantitative estimate of drug-likeness (QED) is 0.222. The first-order valence-electron chi connectivity index (χ1n) is 8.71. The first-order valence-corrected chi connectivity index (χ1v) is 10.9. The summed E-state index contributed by atoms with van der Waals surface area (Å²) < 4.78 is 5.53. The van der Waals surface area contributed by atoms with E-state index < -0.39 is 8.07 Å². The molecule has 0 N–H and O–H groups in total. The van der Waals surface area contributed by atoms with Gasteiger partial charge in [0.15, 0.2) is 0 Å². The summed E-state index contributed by atoms with van der Waals surface area (Å²) in [5, 5.41) is 0.972. The second kappa shape index (κ2) is 9.37. The second-order valence-corrected chi connectivity index (χ2v) is 13.0. The lowest BCUT2D eigenvalue weighted by molar-refractivity contribution is 0.288. The molecule has 0 radical (unpaired) electrons. The Bertz CT molecular complexity index is 405. The highest BCUT2D eigenvalue weighted by molar-refractivity contribution is 6.91. The highest BCUT2D eigenvalue weighted by Crippen LogP contribution is 2.48. The molecule has 2 nitrogen and oxygen atoms in total. The zero-order chi connectivity index (χ0) is 17.5. The maximum Gasteiger partial charge on any atom is 0.123 e. The van der Waals surface area contributed by atoms with Gasteiger partial charge in [0.2, 0.25) is 0 Å². The van der Waals surface area contributed by atoms with Gasteiger partial charge in [-0.1, -0.05) is 54.9 Å². The molecule has 0 aliphatic rings. The number of rotatable bonds is 9. The third kappa shape index (κ3) is 4.14. The van der Waals surface area contributed by atoms with E-state index in [1.807, 2.05) is 6.92 Å². The maximum absolute atomic E-state index is 12.1. The summed E-state index contributed by atoms with van der Waals surface area (Å²) in [4.78, 5) is 12.1. The number of unbranched alkanes of at least 4 members (excludes halogenated alkanes) is 1. The molecule has 3 heteroatoms. The molecule has 0 aromatic rings. The van der Waals surface area contributed by atoms with Gasteiger partial charge < -0.3 is 4.74 Å². The molecule has 0 heterocycles. The molecule has 0 aromatic heterocycles. The summed E-state index contributed by atoms with van der Waals surface area (Å²) >= 11 is 0. The van der Waals surface area contributed by atoms with Crippen LogP contribution in [0, 0.1) is 0 Å². The lowest BCUT2D eigenvalue weighted by Crippen LogP contribution is -2.48. The smallest absolute Gasteiger partial charge is 0.123 e. The zero-order valence-electron chi connectivity index (χ0n) is 16.2. The Hall–Kier alpha value is -0.793. The Morgan fingerprint density at radius 3 is 1.77 bits per heavy atom. The highest BCUT2D eigenvalue weighted by atomic mass is 28.3. The number of hydrogen-bond donors (Lipinski definition) is 0. The Morgan fingerprint density at radius 1 is 1.05 bits per heavy atom. The van der Waals surface area contributed by atoms with E-state index in [9.17, 15) is 4.79 Å². The van der Waals surface area contributed by atoms with E-state index in [0.29, 0.717) is 16.6 Å². The third-order valence-corrected chi connectivity index (χ3v) is 12.2. The van der Waals surface area contributed by atoms with Gasteiger partial charge in [-0.05, 0) is 42.0 Å². The largest absolute Gasteiger partial charge is 0.501 e. The Morgan fingerprint density at radius 2 is 1.50 bits per heavy atom. The Balaban J connectivity index is 6.32. The number of carbonyl (C=O) groups excluding carboxylic acids is 1. The van der Waals surface area contributed by atoms with E-state index in [-0.39, 0.29) is 0 Å². The molecule has 0 saturated carbocycles. The molecular formula is C19H36O2Si. The molecule has 0 saturated heterocycles. The van der Waals surface area contributed by atoms with Gasteiger partial charge in [0.05, 0.1) is 12.9 Å². The van der Waals surface area contributed by atoms with Gasteiger partial charge in [0.1, 0.15) is 14.0 Å². The van der Waals surface area contributed by atoms with E-state index >= 15 is 0 Å². The van der Waals surface area contributed by atoms with E-state index in [0.717, 1.165) is 35.8 Å². The number of hydrogen-bond acceptors (Lipinski definition) is 2. The minimum absolute atomic E-state index is 0.505. The van der Waals surface area contributed by atoms with Crippen molar-refractivity contribution in [3.05, 3.63) is 16.5 Å². The molecule has 0 aliphatic carbocycles. The average Bonchev–Trinajstić information content (AvgIpc) is 2.44. The van der Waals surface area contributed by atoms with Crippen molar-refractivity contribution in [1.82, 2.24) is 0 Å². The summed E-state index contributed by atoms with van der Waals surface area (Å²) in [6, 6.07) is 0. The molecule has 0 bridgehead atoms. The van der Waals surface area contributed by atoms with Crippen LogP contribution in [0.25, 0.3) is 0 Å².